The second-order valence-electron chi connectivity index (χ2n) is 5.25. The molecule has 1 heterocycles. The molecule has 1 fully saturated rings. The van der Waals surface area contributed by atoms with Crippen LogP contribution in [0.25, 0.3) is 0 Å². The lowest BCUT2D eigenvalue weighted by Gasteiger charge is -2.11. The SMILES string of the molecule is O=C(CC(=O)NC1CCS(=O)(=O)C1)NCc1ccc(F)cc1. The average molecular weight is 328 g/mol. The van der Waals surface area contributed by atoms with Gasteiger partial charge in [-0.2, -0.15) is 0 Å². The molecule has 0 saturated carbocycles. The van der Waals surface area contributed by atoms with Crippen molar-refractivity contribution in [2.24, 2.45) is 0 Å². The molecule has 0 aliphatic carbocycles. The van der Waals surface area contributed by atoms with Crippen LogP contribution in [0.15, 0.2) is 24.3 Å². The molecule has 0 spiro atoms. The van der Waals surface area contributed by atoms with Crippen molar-refractivity contribution in [1.29, 1.82) is 0 Å². The van der Waals surface area contributed by atoms with Crippen molar-refractivity contribution in [3.63, 3.8) is 0 Å². The Bertz CT molecular complexity index is 658. The quantitative estimate of drug-likeness (QED) is 0.752. The number of hydrogen-bond donors (Lipinski definition) is 2. The molecule has 2 N–H and O–H groups in total. The minimum Gasteiger partial charge on any atom is -0.352 e. The molecular weight excluding hydrogens is 311 g/mol. The van der Waals surface area contributed by atoms with Crippen molar-refractivity contribution < 1.29 is 22.4 Å². The summed E-state index contributed by atoms with van der Waals surface area (Å²) in [6.45, 7) is 0.199. The van der Waals surface area contributed by atoms with E-state index in [0.29, 0.717) is 6.42 Å². The van der Waals surface area contributed by atoms with E-state index in [2.05, 4.69) is 10.6 Å². The topological polar surface area (TPSA) is 92.3 Å². The molecule has 8 heteroatoms. The number of sulfone groups is 1. The number of nitrogens with one attached hydrogen (secondary N) is 2. The number of benzene rings is 1. The minimum atomic E-state index is -3.07. The number of carbonyl (C=O) groups excluding carboxylic acids is 2. The number of rotatable bonds is 5. The molecule has 2 amide bonds. The summed E-state index contributed by atoms with van der Waals surface area (Å²) in [6, 6.07) is 5.24. The molecule has 6 nitrogen and oxygen atoms in total. The predicted molar refractivity (Wildman–Crippen MR) is 78.1 cm³/mol. The third-order valence-corrected chi connectivity index (χ3v) is 5.09. The van der Waals surface area contributed by atoms with Gasteiger partial charge in [0.2, 0.25) is 11.8 Å². The molecule has 1 saturated heterocycles. The van der Waals surface area contributed by atoms with Crippen LogP contribution in [0.5, 0.6) is 0 Å². The summed E-state index contributed by atoms with van der Waals surface area (Å²) in [5.74, 6) is -1.34. The van der Waals surface area contributed by atoms with Gasteiger partial charge in [-0.1, -0.05) is 12.1 Å². The molecule has 1 aliphatic rings. The van der Waals surface area contributed by atoms with Crippen molar-refractivity contribution >= 4 is 21.7 Å². The van der Waals surface area contributed by atoms with Crippen molar-refractivity contribution in [2.75, 3.05) is 11.5 Å². The van der Waals surface area contributed by atoms with Gasteiger partial charge in [0.15, 0.2) is 9.84 Å². The fraction of sp³-hybridized carbons (Fsp3) is 0.429. The van der Waals surface area contributed by atoms with Crippen LogP contribution in [0.2, 0.25) is 0 Å². The molecule has 2 rings (SSSR count). The molecule has 1 aliphatic heterocycles. The Morgan fingerprint density at radius 1 is 1.18 bits per heavy atom. The molecule has 0 bridgehead atoms. The minimum absolute atomic E-state index is 0.0642. The fourth-order valence-electron chi connectivity index (χ4n) is 2.20. The molecule has 0 radical (unpaired) electrons. The van der Waals surface area contributed by atoms with Gasteiger partial charge in [0.25, 0.3) is 0 Å². The average Bonchev–Trinajstić information content (AvgIpc) is 2.77. The Balaban J connectivity index is 1.72. The summed E-state index contributed by atoms with van der Waals surface area (Å²) in [5.41, 5.74) is 0.719. The van der Waals surface area contributed by atoms with E-state index >= 15 is 0 Å². The van der Waals surface area contributed by atoms with E-state index in [1.165, 1.54) is 12.1 Å². The van der Waals surface area contributed by atoms with Gasteiger partial charge in [-0.05, 0) is 24.1 Å². The van der Waals surface area contributed by atoms with E-state index < -0.39 is 27.7 Å². The third-order valence-electron chi connectivity index (χ3n) is 3.32. The highest BCUT2D eigenvalue weighted by molar-refractivity contribution is 7.91. The van der Waals surface area contributed by atoms with Gasteiger partial charge in [-0.15, -0.1) is 0 Å². The Labute approximate surface area is 128 Å². The zero-order valence-corrected chi connectivity index (χ0v) is 12.7. The largest absolute Gasteiger partial charge is 0.352 e. The molecular formula is C14H17FN2O4S. The van der Waals surface area contributed by atoms with Crippen LogP contribution in [0, 0.1) is 5.82 Å². The monoisotopic (exact) mass is 328 g/mol. The summed E-state index contributed by atoms with van der Waals surface area (Å²) in [7, 11) is -3.07. The molecule has 1 aromatic carbocycles. The van der Waals surface area contributed by atoms with Crippen LogP contribution in [-0.4, -0.2) is 37.8 Å². The van der Waals surface area contributed by atoms with E-state index in [1.54, 1.807) is 12.1 Å². The highest BCUT2D eigenvalue weighted by Crippen LogP contribution is 2.11. The normalized spacial score (nSPS) is 19.6. The van der Waals surface area contributed by atoms with Gasteiger partial charge in [-0.3, -0.25) is 9.59 Å². The standard InChI is InChI=1S/C14H17FN2O4S/c15-11-3-1-10(2-4-11)8-16-13(18)7-14(19)17-12-5-6-22(20,21)9-12/h1-4,12H,5-9H2,(H,16,18)(H,17,19). The first-order valence-corrected chi connectivity index (χ1v) is 8.67. The van der Waals surface area contributed by atoms with Crippen molar-refractivity contribution in [1.82, 2.24) is 10.6 Å². The number of carbonyl (C=O) groups is 2. The number of halogens is 1. The van der Waals surface area contributed by atoms with Crippen molar-refractivity contribution in [3.8, 4) is 0 Å². The summed E-state index contributed by atoms with van der Waals surface area (Å²) in [5, 5.41) is 5.09. The van der Waals surface area contributed by atoms with Gasteiger partial charge in [0.1, 0.15) is 12.2 Å². The van der Waals surface area contributed by atoms with Gasteiger partial charge >= 0.3 is 0 Å². The smallest absolute Gasteiger partial charge is 0.229 e. The highest BCUT2D eigenvalue weighted by Gasteiger charge is 2.29. The van der Waals surface area contributed by atoms with E-state index in [9.17, 15) is 22.4 Å². The van der Waals surface area contributed by atoms with Gasteiger partial charge in [0, 0.05) is 12.6 Å². The van der Waals surface area contributed by atoms with Crippen LogP contribution >= 0.6 is 0 Å². The molecule has 1 aromatic rings. The molecule has 22 heavy (non-hydrogen) atoms. The summed E-state index contributed by atoms with van der Waals surface area (Å²) < 4.78 is 35.3. The summed E-state index contributed by atoms with van der Waals surface area (Å²) in [6.07, 6.45) is 0.0169. The zero-order valence-electron chi connectivity index (χ0n) is 11.8. The van der Waals surface area contributed by atoms with Gasteiger partial charge in [-0.25, -0.2) is 12.8 Å². The Hall–Kier alpha value is -1.96. The summed E-state index contributed by atoms with van der Waals surface area (Å²) in [4.78, 5) is 23.3. The Kier molecular flexibility index (Phi) is 5.12. The predicted octanol–water partition coefficient (Wildman–Crippen LogP) is 0.135. The van der Waals surface area contributed by atoms with Crippen LogP contribution < -0.4 is 10.6 Å². The second-order valence-corrected chi connectivity index (χ2v) is 7.48. The first-order valence-electron chi connectivity index (χ1n) is 6.85. The van der Waals surface area contributed by atoms with Crippen LogP contribution in [0.1, 0.15) is 18.4 Å². The molecule has 0 aromatic heterocycles. The summed E-state index contributed by atoms with van der Waals surface area (Å²) >= 11 is 0. The Morgan fingerprint density at radius 3 is 2.45 bits per heavy atom. The van der Waals surface area contributed by atoms with E-state index in [4.69, 9.17) is 0 Å². The lowest BCUT2D eigenvalue weighted by Crippen LogP contribution is -2.38. The maximum absolute atomic E-state index is 12.7. The van der Waals surface area contributed by atoms with Crippen LogP contribution in [-0.2, 0) is 26.0 Å². The van der Waals surface area contributed by atoms with E-state index in [0.717, 1.165) is 5.56 Å². The maximum atomic E-state index is 12.7. The Morgan fingerprint density at radius 2 is 1.86 bits per heavy atom. The van der Waals surface area contributed by atoms with Crippen LogP contribution in [0.4, 0.5) is 4.39 Å². The number of amides is 2. The third kappa shape index (κ3) is 5.10. The van der Waals surface area contributed by atoms with Crippen LogP contribution in [0.3, 0.4) is 0 Å². The van der Waals surface area contributed by atoms with Crippen molar-refractivity contribution in [3.05, 3.63) is 35.6 Å². The van der Waals surface area contributed by atoms with Gasteiger partial charge in [0.05, 0.1) is 11.5 Å². The lowest BCUT2D eigenvalue weighted by molar-refractivity contribution is -0.129. The van der Waals surface area contributed by atoms with Crippen molar-refractivity contribution in [2.45, 2.75) is 25.4 Å². The maximum Gasteiger partial charge on any atom is 0.229 e. The van der Waals surface area contributed by atoms with E-state index in [1.807, 2.05) is 0 Å². The first-order chi connectivity index (χ1) is 10.3. The first kappa shape index (κ1) is 16.4. The molecule has 120 valence electrons. The fourth-order valence-corrected chi connectivity index (χ4v) is 3.87. The lowest BCUT2D eigenvalue weighted by atomic mass is 10.2. The zero-order chi connectivity index (χ0) is 16.2. The van der Waals surface area contributed by atoms with Gasteiger partial charge < -0.3 is 10.6 Å². The molecule has 1 unspecified atom stereocenters. The second kappa shape index (κ2) is 6.87. The highest BCUT2D eigenvalue weighted by atomic mass is 32.2. The molecule has 1 atom stereocenters. The number of hydrogen-bond acceptors (Lipinski definition) is 4. The van der Waals surface area contributed by atoms with E-state index in [-0.39, 0.29) is 30.3 Å².